The van der Waals surface area contributed by atoms with Crippen LogP contribution in [-0.4, -0.2) is 43.4 Å². The van der Waals surface area contributed by atoms with Gasteiger partial charge in [-0.15, -0.1) is 0 Å². The molecule has 0 spiro atoms. The molecule has 0 saturated carbocycles. The quantitative estimate of drug-likeness (QED) is 0.637. The Morgan fingerprint density at radius 3 is 2.72 bits per heavy atom. The molecule has 1 aliphatic heterocycles. The van der Waals surface area contributed by atoms with Crippen LogP contribution in [0, 0.1) is 0 Å². The summed E-state index contributed by atoms with van der Waals surface area (Å²) in [5, 5.41) is 0. The maximum absolute atomic E-state index is 11.5. The van der Waals surface area contributed by atoms with Gasteiger partial charge in [-0.05, 0) is 39.1 Å². The van der Waals surface area contributed by atoms with Crippen LogP contribution in [-0.2, 0) is 0 Å². The molecule has 1 saturated heterocycles. The minimum atomic E-state index is 0.0246. The fourth-order valence-corrected chi connectivity index (χ4v) is 2.33. The molecule has 4 heteroatoms. The van der Waals surface area contributed by atoms with Crippen molar-refractivity contribution in [1.29, 1.82) is 0 Å². The van der Waals surface area contributed by atoms with Crippen LogP contribution in [0.3, 0.4) is 0 Å². The number of ketones is 1. The molecule has 1 fully saturated rings. The molecule has 0 radical (unpaired) electrons. The van der Waals surface area contributed by atoms with Gasteiger partial charge in [0.25, 0.3) is 0 Å². The number of nitrogen functional groups attached to an aromatic ring is 1. The Balaban J connectivity index is 2.24. The third-order valence-electron chi connectivity index (χ3n) is 3.74. The van der Waals surface area contributed by atoms with Crippen LogP contribution in [0.2, 0.25) is 0 Å². The van der Waals surface area contributed by atoms with Gasteiger partial charge in [0.15, 0.2) is 5.78 Å². The van der Waals surface area contributed by atoms with Gasteiger partial charge in [-0.3, -0.25) is 4.79 Å². The van der Waals surface area contributed by atoms with E-state index < -0.39 is 0 Å². The molecular weight excluding hydrogens is 226 g/mol. The molecule has 1 atom stereocenters. The molecule has 2 rings (SSSR count). The zero-order valence-electron chi connectivity index (χ0n) is 11.3. The average molecular weight is 247 g/mol. The number of hydrogen-bond acceptors (Lipinski definition) is 4. The SMILES string of the molecule is CC(=O)c1cc(N2CCN(C)C(C)C2)ccc1N. The maximum atomic E-state index is 11.5. The van der Waals surface area contributed by atoms with Crippen molar-refractivity contribution in [3.63, 3.8) is 0 Å². The van der Waals surface area contributed by atoms with Crippen LogP contribution < -0.4 is 10.6 Å². The van der Waals surface area contributed by atoms with E-state index in [1.54, 1.807) is 6.92 Å². The molecule has 2 N–H and O–H groups in total. The minimum absolute atomic E-state index is 0.0246. The lowest BCUT2D eigenvalue weighted by atomic mass is 10.1. The van der Waals surface area contributed by atoms with Crippen molar-refractivity contribution in [2.45, 2.75) is 19.9 Å². The van der Waals surface area contributed by atoms with Gasteiger partial charge < -0.3 is 15.5 Å². The van der Waals surface area contributed by atoms with Crippen LogP contribution in [0.4, 0.5) is 11.4 Å². The fraction of sp³-hybridized carbons (Fsp3) is 0.500. The van der Waals surface area contributed by atoms with E-state index in [1.807, 2.05) is 18.2 Å². The normalized spacial score (nSPS) is 21.1. The summed E-state index contributed by atoms with van der Waals surface area (Å²) >= 11 is 0. The van der Waals surface area contributed by atoms with Gasteiger partial charge >= 0.3 is 0 Å². The van der Waals surface area contributed by atoms with Crippen LogP contribution in [0.25, 0.3) is 0 Å². The first kappa shape index (κ1) is 12.9. The van der Waals surface area contributed by atoms with Crippen molar-refractivity contribution in [2.24, 2.45) is 0 Å². The van der Waals surface area contributed by atoms with E-state index in [0.29, 0.717) is 17.3 Å². The van der Waals surface area contributed by atoms with E-state index in [0.717, 1.165) is 25.3 Å². The zero-order valence-corrected chi connectivity index (χ0v) is 11.3. The number of likely N-dealkylation sites (N-methyl/N-ethyl adjacent to an activating group) is 1. The highest BCUT2D eigenvalue weighted by molar-refractivity contribution is 6.00. The van der Waals surface area contributed by atoms with E-state index in [2.05, 4.69) is 23.8 Å². The highest BCUT2D eigenvalue weighted by atomic mass is 16.1. The molecule has 4 nitrogen and oxygen atoms in total. The van der Waals surface area contributed by atoms with Gasteiger partial charge in [0.2, 0.25) is 0 Å². The second-order valence-corrected chi connectivity index (χ2v) is 5.10. The van der Waals surface area contributed by atoms with Gasteiger partial charge in [-0.25, -0.2) is 0 Å². The molecule has 1 aromatic rings. The van der Waals surface area contributed by atoms with E-state index >= 15 is 0 Å². The Morgan fingerprint density at radius 1 is 1.39 bits per heavy atom. The number of nitrogens with zero attached hydrogens (tertiary/aromatic N) is 2. The van der Waals surface area contributed by atoms with Gasteiger partial charge in [-0.2, -0.15) is 0 Å². The summed E-state index contributed by atoms with van der Waals surface area (Å²) < 4.78 is 0. The first-order chi connectivity index (χ1) is 8.49. The number of nitrogens with two attached hydrogens (primary N) is 1. The summed E-state index contributed by atoms with van der Waals surface area (Å²) in [7, 11) is 2.14. The van der Waals surface area contributed by atoms with Gasteiger partial charge in [0.05, 0.1) is 0 Å². The molecular formula is C14H21N3O. The Hall–Kier alpha value is -1.55. The molecule has 0 aliphatic carbocycles. The Labute approximate surface area is 108 Å². The standard InChI is InChI=1S/C14H21N3O/c1-10-9-17(7-6-16(10)3)12-4-5-14(15)13(8-12)11(2)18/h4-5,8,10H,6-7,9,15H2,1-3H3. The monoisotopic (exact) mass is 247 g/mol. The minimum Gasteiger partial charge on any atom is -0.398 e. The van der Waals surface area contributed by atoms with E-state index in [4.69, 9.17) is 5.73 Å². The predicted octanol–water partition coefficient (Wildman–Crippen LogP) is 1.61. The largest absolute Gasteiger partial charge is 0.398 e. The number of anilines is 2. The maximum Gasteiger partial charge on any atom is 0.161 e. The van der Waals surface area contributed by atoms with Gasteiger partial charge in [-0.1, -0.05) is 0 Å². The third kappa shape index (κ3) is 2.48. The molecule has 18 heavy (non-hydrogen) atoms. The van der Waals surface area contributed by atoms with Crippen LogP contribution in [0.15, 0.2) is 18.2 Å². The average Bonchev–Trinajstić information content (AvgIpc) is 2.33. The van der Waals surface area contributed by atoms with Crippen LogP contribution >= 0.6 is 0 Å². The summed E-state index contributed by atoms with van der Waals surface area (Å²) in [4.78, 5) is 16.2. The van der Waals surface area contributed by atoms with Crippen molar-refractivity contribution in [3.8, 4) is 0 Å². The predicted molar refractivity (Wildman–Crippen MR) is 75.2 cm³/mol. The van der Waals surface area contributed by atoms with Crippen molar-refractivity contribution < 1.29 is 4.79 Å². The third-order valence-corrected chi connectivity index (χ3v) is 3.74. The van der Waals surface area contributed by atoms with Crippen LogP contribution in [0.5, 0.6) is 0 Å². The summed E-state index contributed by atoms with van der Waals surface area (Å²) in [6.07, 6.45) is 0. The smallest absolute Gasteiger partial charge is 0.161 e. The van der Waals surface area contributed by atoms with E-state index in [1.165, 1.54) is 0 Å². The summed E-state index contributed by atoms with van der Waals surface area (Å²) in [5.41, 5.74) is 8.10. The van der Waals surface area contributed by atoms with Crippen LogP contribution in [0.1, 0.15) is 24.2 Å². The lowest BCUT2D eigenvalue weighted by Gasteiger charge is -2.39. The van der Waals surface area contributed by atoms with E-state index in [9.17, 15) is 4.79 Å². The van der Waals surface area contributed by atoms with E-state index in [-0.39, 0.29) is 5.78 Å². The summed E-state index contributed by atoms with van der Waals surface area (Å²) in [5.74, 6) is 0.0246. The van der Waals surface area contributed by atoms with Crippen molar-refractivity contribution >= 4 is 17.2 Å². The van der Waals surface area contributed by atoms with Gasteiger partial charge in [0, 0.05) is 42.6 Å². The first-order valence-electron chi connectivity index (χ1n) is 6.34. The lowest BCUT2D eigenvalue weighted by molar-refractivity contribution is 0.101. The van der Waals surface area contributed by atoms with Crippen molar-refractivity contribution in [1.82, 2.24) is 4.90 Å². The fourth-order valence-electron chi connectivity index (χ4n) is 2.33. The number of carbonyl (C=O) groups is 1. The Morgan fingerprint density at radius 2 is 2.11 bits per heavy atom. The van der Waals surface area contributed by atoms with Crippen molar-refractivity contribution in [3.05, 3.63) is 23.8 Å². The molecule has 1 aliphatic rings. The number of Topliss-reactive ketones (excluding diaryl/α,β-unsaturated/α-hetero) is 1. The molecule has 0 amide bonds. The molecule has 0 aromatic heterocycles. The number of rotatable bonds is 2. The second kappa shape index (κ2) is 4.98. The number of benzene rings is 1. The number of piperazine rings is 1. The Bertz CT molecular complexity index is 458. The summed E-state index contributed by atoms with van der Waals surface area (Å²) in [6, 6.07) is 6.27. The second-order valence-electron chi connectivity index (χ2n) is 5.10. The highest BCUT2D eigenvalue weighted by Crippen LogP contribution is 2.23. The number of hydrogen-bond donors (Lipinski definition) is 1. The number of carbonyl (C=O) groups excluding carboxylic acids is 1. The van der Waals surface area contributed by atoms with Crippen molar-refractivity contribution in [2.75, 3.05) is 37.3 Å². The molecule has 1 heterocycles. The molecule has 1 unspecified atom stereocenters. The topological polar surface area (TPSA) is 49.6 Å². The highest BCUT2D eigenvalue weighted by Gasteiger charge is 2.21. The Kier molecular flexibility index (Phi) is 3.57. The van der Waals surface area contributed by atoms with Gasteiger partial charge in [0.1, 0.15) is 0 Å². The summed E-state index contributed by atoms with van der Waals surface area (Å²) in [6.45, 7) is 6.79. The molecule has 0 bridgehead atoms. The zero-order chi connectivity index (χ0) is 13.3. The molecule has 1 aromatic carbocycles. The lowest BCUT2D eigenvalue weighted by Crippen LogP contribution is -2.50. The first-order valence-corrected chi connectivity index (χ1v) is 6.34. The molecule has 98 valence electrons.